The molecule has 1 aliphatic rings. The molecule has 19 heavy (non-hydrogen) atoms. The van der Waals surface area contributed by atoms with Gasteiger partial charge in [0.2, 0.25) is 5.91 Å². The van der Waals surface area contributed by atoms with Crippen molar-refractivity contribution in [1.82, 2.24) is 4.90 Å². The highest BCUT2D eigenvalue weighted by Gasteiger charge is 2.25. The molecule has 1 saturated heterocycles. The highest BCUT2D eigenvalue weighted by atomic mass is 35.5. The molecule has 0 aromatic rings. The number of hydrogen-bond donors (Lipinski definition) is 1. The largest absolute Gasteiger partial charge is 0.342 e. The molecule has 1 heterocycles. The maximum Gasteiger partial charge on any atom is 0.232 e. The van der Waals surface area contributed by atoms with Crippen LogP contribution in [0.25, 0.3) is 0 Å². The Morgan fingerprint density at radius 2 is 2.11 bits per heavy atom. The van der Waals surface area contributed by atoms with Crippen molar-refractivity contribution in [3.63, 3.8) is 0 Å². The fourth-order valence-electron chi connectivity index (χ4n) is 2.24. The number of amides is 1. The summed E-state index contributed by atoms with van der Waals surface area (Å²) in [6.45, 7) is 8.28. The van der Waals surface area contributed by atoms with E-state index >= 15 is 0 Å². The summed E-state index contributed by atoms with van der Waals surface area (Å²) >= 11 is 1.77. The second-order valence-corrected chi connectivity index (χ2v) is 6.94. The smallest absolute Gasteiger partial charge is 0.232 e. The van der Waals surface area contributed by atoms with Gasteiger partial charge in [-0.15, -0.1) is 12.4 Å². The first-order valence-corrected chi connectivity index (χ1v) is 8.27. The number of nitrogens with zero attached hydrogens (tertiary/aromatic N) is 1. The summed E-state index contributed by atoms with van der Waals surface area (Å²) in [5.74, 6) is 3.24. The van der Waals surface area contributed by atoms with Gasteiger partial charge in [0.1, 0.15) is 0 Å². The van der Waals surface area contributed by atoms with Gasteiger partial charge in [-0.3, -0.25) is 4.79 Å². The van der Waals surface area contributed by atoms with Gasteiger partial charge in [-0.25, -0.2) is 0 Å². The van der Waals surface area contributed by atoms with Crippen molar-refractivity contribution < 1.29 is 4.79 Å². The Hall–Kier alpha value is 0.0700. The molecule has 1 aliphatic heterocycles. The molecule has 0 aliphatic carbocycles. The van der Waals surface area contributed by atoms with E-state index in [1.165, 1.54) is 12.8 Å². The Labute approximate surface area is 128 Å². The summed E-state index contributed by atoms with van der Waals surface area (Å²) < 4.78 is 0. The maximum absolute atomic E-state index is 12.1. The average molecular weight is 309 g/mol. The van der Waals surface area contributed by atoms with Crippen molar-refractivity contribution in [1.29, 1.82) is 0 Å². The number of likely N-dealkylation sites (tertiary alicyclic amines) is 1. The third-order valence-electron chi connectivity index (χ3n) is 3.62. The van der Waals surface area contributed by atoms with Crippen LogP contribution in [0.3, 0.4) is 0 Å². The molecular weight excluding hydrogens is 280 g/mol. The zero-order valence-corrected chi connectivity index (χ0v) is 14.1. The molecule has 0 radical (unpaired) electrons. The van der Waals surface area contributed by atoms with E-state index in [0.717, 1.165) is 31.2 Å². The molecule has 0 bridgehead atoms. The summed E-state index contributed by atoms with van der Waals surface area (Å²) in [6.07, 6.45) is 3.47. The van der Waals surface area contributed by atoms with Gasteiger partial charge in [0.25, 0.3) is 0 Å². The molecule has 1 fully saturated rings. The molecule has 0 saturated carbocycles. The van der Waals surface area contributed by atoms with Crippen LogP contribution in [-0.4, -0.2) is 41.4 Å². The van der Waals surface area contributed by atoms with Crippen LogP contribution in [0, 0.1) is 11.8 Å². The minimum Gasteiger partial charge on any atom is -0.342 e. The Morgan fingerprint density at radius 1 is 1.42 bits per heavy atom. The summed E-state index contributed by atoms with van der Waals surface area (Å²) in [5, 5.41) is 0. The van der Waals surface area contributed by atoms with E-state index in [1.807, 2.05) is 4.90 Å². The minimum atomic E-state index is 0. The molecule has 2 atom stereocenters. The van der Waals surface area contributed by atoms with E-state index in [2.05, 4.69) is 20.8 Å². The van der Waals surface area contributed by atoms with Crippen molar-refractivity contribution in [3.05, 3.63) is 0 Å². The minimum absolute atomic E-state index is 0. The lowest BCUT2D eigenvalue weighted by Crippen LogP contribution is -2.45. The molecule has 1 amide bonds. The molecule has 0 spiro atoms. The predicted octanol–water partition coefficient (Wildman–Crippen LogP) is 2.77. The van der Waals surface area contributed by atoms with Crippen LogP contribution in [0.4, 0.5) is 0 Å². The second kappa shape index (κ2) is 9.89. The van der Waals surface area contributed by atoms with E-state index in [1.54, 1.807) is 11.8 Å². The van der Waals surface area contributed by atoms with Crippen molar-refractivity contribution in [2.24, 2.45) is 17.6 Å². The lowest BCUT2D eigenvalue weighted by atomic mass is 9.92. The molecule has 0 aromatic carbocycles. The van der Waals surface area contributed by atoms with Gasteiger partial charge in [0.15, 0.2) is 0 Å². The van der Waals surface area contributed by atoms with Gasteiger partial charge in [-0.05, 0) is 43.8 Å². The van der Waals surface area contributed by atoms with E-state index in [0.29, 0.717) is 17.6 Å². The first-order valence-electron chi connectivity index (χ1n) is 7.11. The number of thioether (sulfide) groups is 1. The molecule has 2 unspecified atom stereocenters. The van der Waals surface area contributed by atoms with Crippen LogP contribution in [0.15, 0.2) is 0 Å². The van der Waals surface area contributed by atoms with Crippen LogP contribution >= 0.6 is 24.2 Å². The van der Waals surface area contributed by atoms with Gasteiger partial charge < -0.3 is 10.6 Å². The Bertz CT molecular complexity index is 262. The molecule has 3 nitrogen and oxygen atoms in total. The van der Waals surface area contributed by atoms with Crippen LogP contribution < -0.4 is 5.73 Å². The number of piperidine rings is 1. The maximum atomic E-state index is 12.1. The van der Waals surface area contributed by atoms with Gasteiger partial charge in [0, 0.05) is 19.1 Å². The molecule has 5 heteroatoms. The standard InChI is InChI=1S/C14H28N2OS.ClH/c1-11(2)6-8-18-10-14(17)16-7-4-5-13(9-16)12(3)15;/h11-13H,4-10,15H2,1-3H3;1H. The van der Waals surface area contributed by atoms with Crippen molar-refractivity contribution in [2.75, 3.05) is 24.6 Å². The summed E-state index contributed by atoms with van der Waals surface area (Å²) in [4.78, 5) is 14.1. The lowest BCUT2D eigenvalue weighted by molar-refractivity contribution is -0.130. The summed E-state index contributed by atoms with van der Waals surface area (Å²) in [5.41, 5.74) is 5.94. The first kappa shape index (κ1) is 19.1. The van der Waals surface area contributed by atoms with Crippen molar-refractivity contribution in [3.8, 4) is 0 Å². The Kier molecular flexibility index (Phi) is 9.93. The number of carbonyl (C=O) groups is 1. The van der Waals surface area contributed by atoms with Gasteiger partial charge in [-0.1, -0.05) is 13.8 Å². The topological polar surface area (TPSA) is 46.3 Å². The third kappa shape index (κ3) is 7.42. The van der Waals surface area contributed by atoms with Crippen molar-refractivity contribution in [2.45, 2.75) is 46.1 Å². The Morgan fingerprint density at radius 3 is 2.68 bits per heavy atom. The lowest BCUT2D eigenvalue weighted by Gasteiger charge is -2.34. The number of halogens is 1. The van der Waals surface area contributed by atoms with Gasteiger partial charge >= 0.3 is 0 Å². The van der Waals surface area contributed by atoms with Crippen LogP contribution in [0.2, 0.25) is 0 Å². The van der Waals surface area contributed by atoms with Gasteiger partial charge in [0.05, 0.1) is 5.75 Å². The van der Waals surface area contributed by atoms with Crippen molar-refractivity contribution >= 4 is 30.1 Å². The molecule has 1 rings (SSSR count). The number of carbonyl (C=O) groups excluding carboxylic acids is 1. The van der Waals surface area contributed by atoms with E-state index < -0.39 is 0 Å². The number of nitrogens with two attached hydrogens (primary N) is 1. The highest BCUT2D eigenvalue weighted by molar-refractivity contribution is 7.99. The predicted molar refractivity (Wildman–Crippen MR) is 87.0 cm³/mol. The van der Waals surface area contributed by atoms with E-state index in [-0.39, 0.29) is 18.4 Å². The fraction of sp³-hybridized carbons (Fsp3) is 0.929. The molecule has 2 N–H and O–H groups in total. The van der Waals surface area contributed by atoms with Gasteiger partial charge in [-0.2, -0.15) is 11.8 Å². The second-order valence-electron chi connectivity index (χ2n) is 5.84. The Balaban J connectivity index is 0.00000324. The summed E-state index contributed by atoms with van der Waals surface area (Å²) in [6, 6.07) is 0.203. The SMILES string of the molecule is CC(C)CCSCC(=O)N1CCCC(C(C)N)C1.Cl. The van der Waals surface area contributed by atoms with Crippen LogP contribution in [0.1, 0.15) is 40.0 Å². The normalized spacial score (nSPS) is 21.1. The average Bonchev–Trinajstić information content (AvgIpc) is 2.34. The zero-order valence-electron chi connectivity index (χ0n) is 12.4. The molecule has 114 valence electrons. The summed E-state index contributed by atoms with van der Waals surface area (Å²) in [7, 11) is 0. The zero-order chi connectivity index (χ0) is 13.5. The fourth-order valence-corrected chi connectivity index (χ4v) is 3.38. The quantitative estimate of drug-likeness (QED) is 0.768. The number of rotatable bonds is 6. The molecule has 0 aromatic heterocycles. The van der Waals surface area contributed by atoms with E-state index in [9.17, 15) is 4.79 Å². The van der Waals surface area contributed by atoms with Crippen LogP contribution in [0.5, 0.6) is 0 Å². The molecular formula is C14H29ClN2OS. The van der Waals surface area contributed by atoms with E-state index in [4.69, 9.17) is 5.73 Å². The highest BCUT2D eigenvalue weighted by Crippen LogP contribution is 2.20. The first-order chi connectivity index (χ1) is 8.50. The monoisotopic (exact) mass is 308 g/mol. The van der Waals surface area contributed by atoms with Crippen LogP contribution in [-0.2, 0) is 4.79 Å². The number of hydrogen-bond acceptors (Lipinski definition) is 3. The third-order valence-corrected chi connectivity index (χ3v) is 4.59.